The summed E-state index contributed by atoms with van der Waals surface area (Å²) in [6.45, 7) is 8.54. The van der Waals surface area contributed by atoms with Crippen molar-refractivity contribution < 1.29 is 9.47 Å². The number of benzene rings is 4. The van der Waals surface area contributed by atoms with Crippen LogP contribution in [0.2, 0.25) is 0 Å². The number of fused-ring (bicyclic) bond motifs is 2. The molecule has 0 aliphatic heterocycles. The Labute approximate surface area is 358 Å². The zero-order valence-electron chi connectivity index (χ0n) is 34.0. The van der Waals surface area contributed by atoms with Crippen molar-refractivity contribution in [3.63, 3.8) is 0 Å². The standard InChI is InChI=1S/C26H25N5OS.C22H21N3OS/c1-16(2)32-23-9-6-17(12-18(23)13-27)26-31-14-24(33-26)21-5-3-4-20-19(21)7-8-22(20)30-15-25-28-10-11-29-25;1-13(2)26-20-9-6-14(10-15(20)11-23)22-25-12-21(27-22)18-5-3-4-17-16(18)7-8-19(17)24/h3-6,9-12,14,16,22,30H,7-8,15H2,1-2H3,(H,28,29);3-6,9-10,12-13,19H,7-8,24H2,1-2H3/t22-;19-/m11/s1. The van der Waals surface area contributed by atoms with Gasteiger partial charge in [0, 0.05) is 48.0 Å². The first-order chi connectivity index (χ1) is 29.2. The van der Waals surface area contributed by atoms with Crippen molar-refractivity contribution in [2.75, 3.05) is 0 Å². The summed E-state index contributed by atoms with van der Waals surface area (Å²) in [7, 11) is 0. The molecule has 9 rings (SSSR count). The number of aromatic amines is 1. The highest BCUT2D eigenvalue weighted by Gasteiger charge is 2.26. The second-order valence-corrected chi connectivity index (χ2v) is 17.5. The number of rotatable bonds is 11. The lowest BCUT2D eigenvalue weighted by atomic mass is 10.0. The largest absolute Gasteiger partial charge is 0.490 e. The maximum atomic E-state index is 9.56. The SMILES string of the molecule is CC(C)Oc1ccc(-c2ncc(-c3cccc4c3CC[C@H]4N)s2)cc1C#N.CC(C)Oc1ccc(-c2ncc(-c3cccc4c3CC[C@H]4NCc3ncc[nH]3)s2)cc1C#N. The molecule has 0 radical (unpaired) electrons. The molecular formula is C48H46N8O2S2. The average Bonchev–Trinajstić information content (AvgIpc) is 4.12. The normalized spacial score (nSPS) is 15.2. The predicted molar refractivity (Wildman–Crippen MR) is 239 cm³/mol. The Hall–Kier alpha value is -6.15. The number of hydrogen-bond acceptors (Lipinski definition) is 11. The van der Waals surface area contributed by atoms with E-state index in [2.05, 4.69) is 73.8 Å². The summed E-state index contributed by atoms with van der Waals surface area (Å²) in [5.74, 6) is 2.18. The number of nitriles is 2. The first-order valence-electron chi connectivity index (χ1n) is 20.2. The summed E-state index contributed by atoms with van der Waals surface area (Å²) in [4.78, 5) is 19.0. The van der Waals surface area contributed by atoms with Gasteiger partial charge >= 0.3 is 0 Å². The Morgan fingerprint density at radius 2 is 1.30 bits per heavy atom. The van der Waals surface area contributed by atoms with Crippen LogP contribution < -0.4 is 20.5 Å². The number of ether oxygens (including phenoxy) is 2. The zero-order valence-corrected chi connectivity index (χ0v) is 35.7. The van der Waals surface area contributed by atoms with Crippen molar-refractivity contribution in [2.24, 2.45) is 5.73 Å². The fourth-order valence-corrected chi connectivity index (χ4v) is 9.84. The quantitative estimate of drug-likeness (QED) is 0.115. The second-order valence-electron chi connectivity index (χ2n) is 15.4. The third-order valence-corrected chi connectivity index (χ3v) is 12.8. The molecule has 302 valence electrons. The molecule has 3 aromatic heterocycles. The van der Waals surface area contributed by atoms with Crippen molar-refractivity contribution in [1.82, 2.24) is 25.3 Å². The van der Waals surface area contributed by atoms with E-state index in [0.717, 1.165) is 68.9 Å². The van der Waals surface area contributed by atoms with E-state index < -0.39 is 0 Å². The highest BCUT2D eigenvalue weighted by Crippen LogP contribution is 2.43. The van der Waals surface area contributed by atoms with E-state index in [-0.39, 0.29) is 18.2 Å². The third kappa shape index (κ3) is 8.74. The van der Waals surface area contributed by atoms with Crippen molar-refractivity contribution >= 4 is 22.7 Å². The van der Waals surface area contributed by atoms with Gasteiger partial charge in [0.25, 0.3) is 0 Å². The summed E-state index contributed by atoms with van der Waals surface area (Å²) in [6.07, 6.45) is 11.7. The number of imidazole rings is 1. The molecule has 0 bridgehead atoms. The van der Waals surface area contributed by atoms with Crippen LogP contribution in [-0.4, -0.2) is 32.1 Å². The smallest absolute Gasteiger partial charge is 0.137 e. The Balaban J connectivity index is 0.000000170. The van der Waals surface area contributed by atoms with Gasteiger partial charge in [-0.1, -0.05) is 36.4 Å². The summed E-state index contributed by atoms with van der Waals surface area (Å²) in [5, 5.41) is 24.5. The third-order valence-electron chi connectivity index (χ3n) is 10.6. The maximum absolute atomic E-state index is 9.56. The molecular weight excluding hydrogens is 785 g/mol. The van der Waals surface area contributed by atoms with E-state index in [4.69, 9.17) is 15.2 Å². The fourth-order valence-electron chi connectivity index (χ4n) is 7.91. The minimum atomic E-state index is 0.0204. The minimum Gasteiger partial charge on any atom is -0.490 e. The van der Waals surface area contributed by atoms with Gasteiger partial charge in [-0.2, -0.15) is 10.5 Å². The summed E-state index contributed by atoms with van der Waals surface area (Å²) >= 11 is 3.30. The van der Waals surface area contributed by atoms with Crippen LogP contribution in [0.5, 0.6) is 11.5 Å². The number of thiazole rings is 2. The van der Waals surface area contributed by atoms with Crippen LogP contribution in [0.1, 0.15) is 91.8 Å². The molecule has 60 heavy (non-hydrogen) atoms. The van der Waals surface area contributed by atoms with Crippen LogP contribution in [0.25, 0.3) is 42.0 Å². The van der Waals surface area contributed by atoms with Crippen LogP contribution in [-0.2, 0) is 19.4 Å². The van der Waals surface area contributed by atoms with Gasteiger partial charge in [0.2, 0.25) is 0 Å². The summed E-state index contributed by atoms with van der Waals surface area (Å²) in [6, 6.07) is 29.2. The molecule has 4 N–H and O–H groups in total. The molecule has 2 aliphatic rings. The molecule has 0 saturated carbocycles. The Morgan fingerprint density at radius 1 is 0.750 bits per heavy atom. The van der Waals surface area contributed by atoms with E-state index in [0.29, 0.717) is 28.7 Å². The van der Waals surface area contributed by atoms with E-state index in [1.165, 1.54) is 33.4 Å². The topological polar surface area (TPSA) is 159 Å². The second kappa shape index (κ2) is 18.0. The molecule has 0 fully saturated rings. The van der Waals surface area contributed by atoms with Gasteiger partial charge in [0.05, 0.1) is 39.6 Å². The molecule has 7 aromatic rings. The van der Waals surface area contributed by atoms with Gasteiger partial charge < -0.3 is 25.5 Å². The van der Waals surface area contributed by atoms with E-state index in [9.17, 15) is 10.5 Å². The van der Waals surface area contributed by atoms with Crippen molar-refractivity contribution in [1.29, 1.82) is 10.5 Å². The van der Waals surface area contributed by atoms with E-state index in [1.807, 2.05) is 82.7 Å². The Bertz CT molecular complexity index is 2700. The Kier molecular flexibility index (Phi) is 12.2. The van der Waals surface area contributed by atoms with Gasteiger partial charge in [-0.05, 0) is 123 Å². The number of nitrogens with zero attached hydrogens (tertiary/aromatic N) is 5. The van der Waals surface area contributed by atoms with Crippen LogP contribution in [0.3, 0.4) is 0 Å². The molecule has 0 saturated heterocycles. The maximum Gasteiger partial charge on any atom is 0.137 e. The van der Waals surface area contributed by atoms with Gasteiger partial charge in [-0.3, -0.25) is 0 Å². The van der Waals surface area contributed by atoms with Crippen LogP contribution >= 0.6 is 22.7 Å². The lowest BCUT2D eigenvalue weighted by molar-refractivity contribution is 0.241. The zero-order chi connectivity index (χ0) is 41.8. The van der Waals surface area contributed by atoms with Gasteiger partial charge in [0.15, 0.2) is 0 Å². The number of nitrogens with one attached hydrogen (secondary N) is 2. The van der Waals surface area contributed by atoms with Gasteiger partial charge in [-0.15, -0.1) is 22.7 Å². The molecule has 2 aliphatic carbocycles. The molecule has 0 amide bonds. The molecule has 0 spiro atoms. The van der Waals surface area contributed by atoms with Gasteiger partial charge in [-0.25, -0.2) is 15.0 Å². The highest BCUT2D eigenvalue weighted by atomic mass is 32.1. The molecule has 10 nitrogen and oxygen atoms in total. The average molecular weight is 831 g/mol. The number of hydrogen-bond donors (Lipinski definition) is 3. The van der Waals surface area contributed by atoms with Crippen LogP contribution in [0.15, 0.2) is 97.6 Å². The minimum absolute atomic E-state index is 0.0204. The van der Waals surface area contributed by atoms with Crippen molar-refractivity contribution in [3.8, 4) is 65.7 Å². The first kappa shape index (κ1) is 40.6. The molecule has 12 heteroatoms. The molecule has 2 atom stereocenters. The number of aromatic nitrogens is 4. The summed E-state index contributed by atoms with van der Waals surface area (Å²) in [5.41, 5.74) is 17.0. The predicted octanol–water partition coefficient (Wildman–Crippen LogP) is 10.7. The van der Waals surface area contributed by atoms with Crippen molar-refractivity contribution in [3.05, 3.63) is 137 Å². The van der Waals surface area contributed by atoms with E-state index in [1.54, 1.807) is 28.9 Å². The lowest BCUT2D eigenvalue weighted by Gasteiger charge is -2.14. The monoisotopic (exact) mass is 830 g/mol. The first-order valence-corrected chi connectivity index (χ1v) is 21.9. The Morgan fingerprint density at radius 3 is 1.83 bits per heavy atom. The molecule has 3 heterocycles. The summed E-state index contributed by atoms with van der Waals surface area (Å²) < 4.78 is 11.5. The lowest BCUT2D eigenvalue weighted by Crippen LogP contribution is -2.19. The highest BCUT2D eigenvalue weighted by molar-refractivity contribution is 7.18. The van der Waals surface area contributed by atoms with Crippen molar-refractivity contribution in [2.45, 2.75) is 84.2 Å². The number of nitrogens with two attached hydrogens (primary N) is 1. The molecule has 4 aromatic carbocycles. The van der Waals surface area contributed by atoms with Gasteiger partial charge in [0.1, 0.15) is 39.5 Å². The van der Waals surface area contributed by atoms with Crippen LogP contribution in [0, 0.1) is 22.7 Å². The number of H-pyrrole nitrogens is 1. The van der Waals surface area contributed by atoms with Crippen LogP contribution in [0.4, 0.5) is 0 Å². The fraction of sp³-hybridized carbons (Fsp3) is 0.271. The molecule has 0 unspecified atom stereocenters. The van der Waals surface area contributed by atoms with E-state index >= 15 is 0 Å².